The largest absolute Gasteiger partial charge is 0.491 e. The van der Waals surface area contributed by atoms with E-state index in [1.165, 1.54) is 0 Å². The van der Waals surface area contributed by atoms with Crippen LogP contribution in [0.1, 0.15) is 13.3 Å². The fourth-order valence-corrected chi connectivity index (χ4v) is 2.76. The van der Waals surface area contributed by atoms with Crippen LogP contribution < -0.4 is 10.5 Å². The zero-order valence-corrected chi connectivity index (χ0v) is 13.0. The predicted octanol–water partition coefficient (Wildman–Crippen LogP) is 1.03. The summed E-state index contributed by atoms with van der Waals surface area (Å²) in [5, 5.41) is 10.1. The normalized spacial score (nSPS) is 22.1. The summed E-state index contributed by atoms with van der Waals surface area (Å²) >= 11 is 0. The Kier molecular flexibility index (Phi) is 5.85. The molecule has 0 amide bonds. The van der Waals surface area contributed by atoms with E-state index in [1.54, 1.807) is 6.07 Å². The van der Waals surface area contributed by atoms with Crippen LogP contribution in [0.2, 0.25) is 0 Å². The number of piperazine rings is 1. The molecule has 0 saturated carbocycles. The summed E-state index contributed by atoms with van der Waals surface area (Å²) in [6.07, 6.45) is 0.662. The highest BCUT2D eigenvalue weighted by Crippen LogP contribution is 2.15. The highest BCUT2D eigenvalue weighted by molar-refractivity contribution is 5.43. The van der Waals surface area contributed by atoms with E-state index in [0.717, 1.165) is 26.1 Å². The molecule has 1 aliphatic rings. The Labute approximate surface area is 127 Å². The Hall–Kier alpha value is -1.30. The highest BCUT2D eigenvalue weighted by atomic mass is 16.5. The van der Waals surface area contributed by atoms with Gasteiger partial charge in [-0.1, -0.05) is 13.0 Å². The molecule has 2 rings (SSSR count). The summed E-state index contributed by atoms with van der Waals surface area (Å²) in [6, 6.07) is 7.88. The third-order valence-electron chi connectivity index (χ3n) is 4.10. The average Bonchev–Trinajstić information content (AvgIpc) is 2.47. The molecule has 21 heavy (non-hydrogen) atoms. The van der Waals surface area contributed by atoms with Crippen LogP contribution in [0.5, 0.6) is 5.75 Å². The first-order valence-electron chi connectivity index (χ1n) is 7.67. The van der Waals surface area contributed by atoms with Crippen molar-refractivity contribution in [1.29, 1.82) is 0 Å². The minimum Gasteiger partial charge on any atom is -0.491 e. The Balaban J connectivity index is 1.75. The molecule has 1 heterocycles. The average molecular weight is 293 g/mol. The molecule has 0 aromatic heterocycles. The molecule has 2 atom stereocenters. The molecule has 2 unspecified atom stereocenters. The number of hydrogen-bond donors (Lipinski definition) is 2. The third kappa shape index (κ3) is 4.88. The lowest BCUT2D eigenvalue weighted by molar-refractivity contribution is 0.0313. The second-order valence-electron chi connectivity index (χ2n) is 5.84. The van der Waals surface area contributed by atoms with Crippen LogP contribution in [0.25, 0.3) is 0 Å². The van der Waals surface area contributed by atoms with Gasteiger partial charge in [-0.15, -0.1) is 0 Å². The number of hydrogen-bond acceptors (Lipinski definition) is 5. The maximum Gasteiger partial charge on any atom is 0.121 e. The second kappa shape index (κ2) is 7.64. The van der Waals surface area contributed by atoms with Gasteiger partial charge in [-0.05, 0) is 25.6 Å². The fourth-order valence-electron chi connectivity index (χ4n) is 2.76. The molecular formula is C16H27N3O2. The number of likely N-dealkylation sites (N-methyl/N-ethyl adjacent to an activating group) is 1. The number of aliphatic hydroxyl groups is 1. The highest BCUT2D eigenvalue weighted by Gasteiger charge is 2.24. The molecule has 118 valence electrons. The van der Waals surface area contributed by atoms with Gasteiger partial charge in [-0.25, -0.2) is 0 Å². The molecule has 0 spiro atoms. The minimum atomic E-state index is -0.479. The molecule has 1 saturated heterocycles. The summed E-state index contributed by atoms with van der Waals surface area (Å²) in [6.45, 7) is 6.25. The molecule has 3 N–H and O–H groups in total. The first-order chi connectivity index (χ1) is 10.1. The van der Waals surface area contributed by atoms with E-state index in [9.17, 15) is 5.11 Å². The number of nitrogen functional groups attached to an aromatic ring is 1. The van der Waals surface area contributed by atoms with Gasteiger partial charge in [0, 0.05) is 44.0 Å². The van der Waals surface area contributed by atoms with Crippen molar-refractivity contribution in [3.05, 3.63) is 24.3 Å². The van der Waals surface area contributed by atoms with E-state index in [4.69, 9.17) is 10.5 Å². The number of benzene rings is 1. The van der Waals surface area contributed by atoms with Crippen LogP contribution in [0.3, 0.4) is 0 Å². The fraction of sp³-hybridized carbons (Fsp3) is 0.625. The maximum absolute atomic E-state index is 10.1. The predicted molar refractivity (Wildman–Crippen MR) is 85.5 cm³/mol. The lowest BCUT2D eigenvalue weighted by Gasteiger charge is -2.39. The standard InChI is InChI=1S/C16H27N3O2/c1-3-14-10-19(8-7-18(14)2)11-15(20)12-21-16-6-4-5-13(17)9-16/h4-6,9,14-15,20H,3,7-8,10-12,17H2,1-2H3. The molecule has 0 aliphatic carbocycles. The second-order valence-corrected chi connectivity index (χ2v) is 5.84. The van der Waals surface area contributed by atoms with Gasteiger partial charge in [0.05, 0.1) is 0 Å². The van der Waals surface area contributed by atoms with Crippen LogP contribution in [-0.4, -0.2) is 66.9 Å². The molecule has 1 aromatic carbocycles. The van der Waals surface area contributed by atoms with E-state index in [2.05, 4.69) is 23.8 Å². The van der Waals surface area contributed by atoms with Crippen LogP contribution in [-0.2, 0) is 0 Å². The van der Waals surface area contributed by atoms with E-state index >= 15 is 0 Å². The van der Waals surface area contributed by atoms with Gasteiger partial charge in [0.2, 0.25) is 0 Å². The lowest BCUT2D eigenvalue weighted by atomic mass is 10.1. The SMILES string of the molecule is CCC1CN(CC(O)COc2cccc(N)c2)CCN1C. The molecule has 1 aliphatic heterocycles. The Morgan fingerprint density at radius 2 is 2.24 bits per heavy atom. The van der Waals surface area contributed by atoms with Gasteiger partial charge in [-0.2, -0.15) is 0 Å². The van der Waals surface area contributed by atoms with E-state index in [-0.39, 0.29) is 0 Å². The monoisotopic (exact) mass is 293 g/mol. The Bertz CT molecular complexity index is 441. The number of nitrogens with zero attached hydrogens (tertiary/aromatic N) is 2. The summed E-state index contributed by atoms with van der Waals surface area (Å²) in [4.78, 5) is 4.72. The smallest absolute Gasteiger partial charge is 0.121 e. The van der Waals surface area contributed by atoms with E-state index in [1.807, 2.05) is 18.2 Å². The van der Waals surface area contributed by atoms with Gasteiger partial charge >= 0.3 is 0 Å². The maximum atomic E-state index is 10.1. The van der Waals surface area contributed by atoms with Gasteiger partial charge in [0.25, 0.3) is 0 Å². The summed E-state index contributed by atoms with van der Waals surface area (Å²) in [7, 11) is 2.17. The van der Waals surface area contributed by atoms with Crippen LogP contribution in [0.4, 0.5) is 5.69 Å². The van der Waals surface area contributed by atoms with Crippen LogP contribution in [0.15, 0.2) is 24.3 Å². The Morgan fingerprint density at radius 3 is 2.95 bits per heavy atom. The summed E-state index contributed by atoms with van der Waals surface area (Å²) in [5.74, 6) is 0.707. The van der Waals surface area contributed by atoms with Crippen molar-refractivity contribution in [3.63, 3.8) is 0 Å². The molecule has 5 nitrogen and oxygen atoms in total. The molecule has 0 radical (unpaired) electrons. The summed E-state index contributed by atoms with van der Waals surface area (Å²) < 4.78 is 5.60. The van der Waals surface area contributed by atoms with E-state index in [0.29, 0.717) is 30.6 Å². The van der Waals surface area contributed by atoms with Crippen LogP contribution in [0, 0.1) is 0 Å². The third-order valence-corrected chi connectivity index (χ3v) is 4.10. The van der Waals surface area contributed by atoms with Crippen molar-refractivity contribution in [2.75, 3.05) is 45.6 Å². The first-order valence-corrected chi connectivity index (χ1v) is 7.67. The van der Waals surface area contributed by atoms with Crippen molar-refractivity contribution >= 4 is 5.69 Å². The molecule has 1 fully saturated rings. The van der Waals surface area contributed by atoms with E-state index < -0.39 is 6.10 Å². The van der Waals surface area contributed by atoms with Gasteiger partial charge < -0.3 is 20.5 Å². The zero-order chi connectivity index (χ0) is 15.2. The molecule has 0 bridgehead atoms. The molecule has 1 aromatic rings. The molecular weight excluding hydrogens is 266 g/mol. The summed E-state index contributed by atoms with van der Waals surface area (Å²) in [5.41, 5.74) is 6.38. The molecule has 5 heteroatoms. The minimum absolute atomic E-state index is 0.298. The number of aliphatic hydroxyl groups excluding tert-OH is 1. The van der Waals surface area contributed by atoms with Gasteiger partial charge in [0.1, 0.15) is 18.5 Å². The lowest BCUT2D eigenvalue weighted by Crippen LogP contribution is -2.53. The number of rotatable bonds is 6. The van der Waals surface area contributed by atoms with Crippen molar-refractivity contribution in [3.8, 4) is 5.75 Å². The number of ether oxygens (including phenoxy) is 1. The van der Waals surface area contributed by atoms with Crippen LogP contribution >= 0.6 is 0 Å². The van der Waals surface area contributed by atoms with Crippen molar-refractivity contribution < 1.29 is 9.84 Å². The number of nitrogens with two attached hydrogens (primary N) is 1. The Morgan fingerprint density at radius 1 is 1.43 bits per heavy atom. The van der Waals surface area contributed by atoms with Crippen molar-refractivity contribution in [2.45, 2.75) is 25.5 Å². The zero-order valence-electron chi connectivity index (χ0n) is 13.0. The van der Waals surface area contributed by atoms with Gasteiger partial charge in [0.15, 0.2) is 0 Å². The van der Waals surface area contributed by atoms with Crippen molar-refractivity contribution in [2.24, 2.45) is 0 Å². The van der Waals surface area contributed by atoms with Crippen molar-refractivity contribution in [1.82, 2.24) is 9.80 Å². The number of anilines is 1. The van der Waals surface area contributed by atoms with Gasteiger partial charge in [-0.3, -0.25) is 4.90 Å². The topological polar surface area (TPSA) is 62.0 Å². The quantitative estimate of drug-likeness (QED) is 0.767. The number of β-amino-alcohol motifs (C(OH)–C–C–N with tert-alkyl or cyclic N) is 1. The first kappa shape index (κ1) is 16.1.